The summed E-state index contributed by atoms with van der Waals surface area (Å²) >= 11 is 0. The van der Waals surface area contributed by atoms with Crippen molar-refractivity contribution in [2.24, 2.45) is 0 Å². The van der Waals surface area contributed by atoms with E-state index < -0.39 is 11.8 Å². The Kier molecular flexibility index (Phi) is 4.50. The number of piperidine rings is 1. The molecule has 1 aromatic carbocycles. The fourth-order valence-corrected chi connectivity index (χ4v) is 2.41. The first kappa shape index (κ1) is 14.0. The fraction of sp³-hybridized carbons (Fsp3) is 0.500. The van der Waals surface area contributed by atoms with Crippen molar-refractivity contribution >= 4 is 5.97 Å². The first-order valence-electron chi connectivity index (χ1n) is 6.37. The minimum atomic E-state index is -1.22. The zero-order valence-corrected chi connectivity index (χ0v) is 10.9. The minimum Gasteiger partial charge on any atom is -0.478 e. The smallest absolute Gasteiger partial charge is 0.338 e. The molecule has 1 fully saturated rings. The SMILES string of the molecule is COC1CCN(Cc2cccc(C(=O)O)c2F)CC1. The lowest BCUT2D eigenvalue weighted by atomic mass is 10.1. The van der Waals surface area contributed by atoms with E-state index in [0.29, 0.717) is 12.1 Å². The highest BCUT2D eigenvalue weighted by Crippen LogP contribution is 2.19. The van der Waals surface area contributed by atoms with Gasteiger partial charge in [-0.15, -0.1) is 0 Å². The highest BCUT2D eigenvalue weighted by Gasteiger charge is 2.21. The molecule has 1 aromatic rings. The van der Waals surface area contributed by atoms with Gasteiger partial charge >= 0.3 is 5.97 Å². The monoisotopic (exact) mass is 267 g/mol. The van der Waals surface area contributed by atoms with E-state index in [1.54, 1.807) is 19.2 Å². The summed E-state index contributed by atoms with van der Waals surface area (Å²) < 4.78 is 19.3. The molecule has 19 heavy (non-hydrogen) atoms. The Morgan fingerprint density at radius 2 is 2.16 bits per heavy atom. The number of carboxylic acid groups (broad SMARTS) is 1. The number of ether oxygens (including phenoxy) is 1. The van der Waals surface area contributed by atoms with Crippen molar-refractivity contribution in [1.29, 1.82) is 0 Å². The second-order valence-electron chi connectivity index (χ2n) is 4.80. The predicted molar refractivity (Wildman–Crippen MR) is 68.7 cm³/mol. The summed E-state index contributed by atoms with van der Waals surface area (Å²) in [5, 5.41) is 8.89. The number of halogens is 1. The second-order valence-corrected chi connectivity index (χ2v) is 4.80. The van der Waals surface area contributed by atoms with Gasteiger partial charge in [0.1, 0.15) is 5.82 Å². The van der Waals surface area contributed by atoms with Crippen LogP contribution in [0.5, 0.6) is 0 Å². The second kappa shape index (κ2) is 6.12. The molecule has 0 unspecified atom stereocenters. The average molecular weight is 267 g/mol. The largest absolute Gasteiger partial charge is 0.478 e. The highest BCUT2D eigenvalue weighted by atomic mass is 19.1. The van der Waals surface area contributed by atoms with Gasteiger partial charge < -0.3 is 9.84 Å². The van der Waals surface area contributed by atoms with Crippen LogP contribution in [0.3, 0.4) is 0 Å². The van der Waals surface area contributed by atoms with E-state index in [1.807, 2.05) is 0 Å². The zero-order valence-electron chi connectivity index (χ0n) is 10.9. The van der Waals surface area contributed by atoms with Gasteiger partial charge in [0.2, 0.25) is 0 Å². The number of hydrogen-bond acceptors (Lipinski definition) is 3. The number of carboxylic acids is 1. The molecule has 0 bridgehead atoms. The van der Waals surface area contributed by atoms with E-state index in [9.17, 15) is 9.18 Å². The van der Waals surface area contributed by atoms with Crippen molar-refractivity contribution in [3.8, 4) is 0 Å². The Balaban J connectivity index is 2.04. The van der Waals surface area contributed by atoms with Gasteiger partial charge in [-0.1, -0.05) is 12.1 Å². The number of benzene rings is 1. The van der Waals surface area contributed by atoms with E-state index in [2.05, 4.69) is 4.90 Å². The molecule has 0 atom stereocenters. The van der Waals surface area contributed by atoms with Crippen LogP contribution in [0, 0.1) is 5.82 Å². The first-order valence-corrected chi connectivity index (χ1v) is 6.37. The van der Waals surface area contributed by atoms with Crippen LogP contribution in [0.15, 0.2) is 18.2 Å². The van der Waals surface area contributed by atoms with Gasteiger partial charge in [0.15, 0.2) is 0 Å². The summed E-state index contributed by atoms with van der Waals surface area (Å²) in [5.41, 5.74) is 0.181. The molecular formula is C14H18FNO3. The van der Waals surface area contributed by atoms with Crippen molar-refractivity contribution < 1.29 is 19.0 Å². The Bertz CT molecular complexity index is 456. The average Bonchev–Trinajstić information content (AvgIpc) is 2.41. The fourth-order valence-electron chi connectivity index (χ4n) is 2.41. The lowest BCUT2D eigenvalue weighted by molar-refractivity contribution is 0.0385. The molecule has 1 heterocycles. The van der Waals surface area contributed by atoms with Crippen LogP contribution < -0.4 is 0 Å². The molecule has 1 aliphatic rings. The summed E-state index contributed by atoms with van der Waals surface area (Å²) in [7, 11) is 1.70. The van der Waals surface area contributed by atoms with Crippen molar-refractivity contribution in [2.45, 2.75) is 25.5 Å². The number of carbonyl (C=O) groups is 1. The summed E-state index contributed by atoms with van der Waals surface area (Å²) in [5.74, 6) is -1.85. The standard InChI is InChI=1S/C14H18FNO3/c1-19-11-5-7-16(8-6-11)9-10-3-2-4-12(13(10)15)14(17)18/h2-4,11H,5-9H2,1H3,(H,17,18). The van der Waals surface area contributed by atoms with Gasteiger partial charge in [0.05, 0.1) is 11.7 Å². The van der Waals surface area contributed by atoms with Crippen LogP contribution in [0.2, 0.25) is 0 Å². The summed E-state index contributed by atoms with van der Waals surface area (Å²) in [4.78, 5) is 13.0. The van der Waals surface area contributed by atoms with Crippen LogP contribution in [0.25, 0.3) is 0 Å². The molecule has 1 saturated heterocycles. The number of nitrogens with zero attached hydrogens (tertiary/aromatic N) is 1. The van der Waals surface area contributed by atoms with Gasteiger partial charge in [-0.05, 0) is 18.9 Å². The Labute approximate surface area is 111 Å². The van der Waals surface area contributed by atoms with Crippen molar-refractivity contribution in [1.82, 2.24) is 4.90 Å². The highest BCUT2D eigenvalue weighted by molar-refractivity contribution is 5.88. The Morgan fingerprint density at radius 1 is 1.47 bits per heavy atom. The molecule has 0 radical (unpaired) electrons. The maximum absolute atomic E-state index is 14.0. The molecule has 0 spiro atoms. The molecule has 5 heteroatoms. The van der Waals surface area contributed by atoms with Gasteiger partial charge in [0, 0.05) is 32.3 Å². The van der Waals surface area contributed by atoms with Gasteiger partial charge in [-0.25, -0.2) is 9.18 Å². The van der Waals surface area contributed by atoms with Gasteiger partial charge in [-0.2, -0.15) is 0 Å². The summed E-state index contributed by atoms with van der Waals surface area (Å²) in [6.07, 6.45) is 2.14. The lowest BCUT2D eigenvalue weighted by Gasteiger charge is -2.31. The van der Waals surface area contributed by atoms with Crippen LogP contribution in [-0.4, -0.2) is 42.3 Å². The maximum atomic E-state index is 14.0. The molecule has 1 aliphatic heterocycles. The summed E-state index contributed by atoms with van der Waals surface area (Å²) in [6, 6.07) is 4.52. The van der Waals surface area contributed by atoms with Crippen molar-refractivity contribution in [3.05, 3.63) is 35.1 Å². The summed E-state index contributed by atoms with van der Waals surface area (Å²) in [6.45, 7) is 2.13. The molecular weight excluding hydrogens is 249 g/mol. The third kappa shape index (κ3) is 3.30. The molecule has 0 amide bonds. The Hall–Kier alpha value is -1.46. The lowest BCUT2D eigenvalue weighted by Crippen LogP contribution is -2.36. The van der Waals surface area contributed by atoms with E-state index in [0.717, 1.165) is 25.9 Å². The molecule has 4 nitrogen and oxygen atoms in total. The van der Waals surface area contributed by atoms with Crippen LogP contribution in [0.1, 0.15) is 28.8 Å². The van der Waals surface area contributed by atoms with Crippen molar-refractivity contribution in [3.63, 3.8) is 0 Å². The zero-order chi connectivity index (χ0) is 13.8. The normalized spacial score (nSPS) is 17.6. The van der Waals surface area contributed by atoms with E-state index in [4.69, 9.17) is 9.84 Å². The van der Waals surface area contributed by atoms with E-state index in [1.165, 1.54) is 6.07 Å². The van der Waals surface area contributed by atoms with Crippen LogP contribution in [-0.2, 0) is 11.3 Å². The van der Waals surface area contributed by atoms with Gasteiger partial charge in [0.25, 0.3) is 0 Å². The molecule has 2 rings (SSSR count). The number of hydrogen-bond donors (Lipinski definition) is 1. The number of rotatable bonds is 4. The number of likely N-dealkylation sites (tertiary alicyclic amines) is 1. The topological polar surface area (TPSA) is 49.8 Å². The van der Waals surface area contributed by atoms with Crippen LogP contribution >= 0.6 is 0 Å². The third-order valence-corrected chi connectivity index (χ3v) is 3.57. The Morgan fingerprint density at radius 3 is 2.74 bits per heavy atom. The number of aromatic carboxylic acids is 1. The quantitative estimate of drug-likeness (QED) is 0.908. The molecule has 104 valence electrons. The molecule has 0 saturated carbocycles. The van der Waals surface area contributed by atoms with E-state index in [-0.39, 0.29) is 11.7 Å². The molecule has 0 aromatic heterocycles. The maximum Gasteiger partial charge on any atom is 0.338 e. The van der Waals surface area contributed by atoms with Crippen molar-refractivity contribution in [2.75, 3.05) is 20.2 Å². The predicted octanol–water partition coefficient (Wildman–Crippen LogP) is 2.13. The third-order valence-electron chi connectivity index (χ3n) is 3.57. The molecule has 1 N–H and O–H groups in total. The minimum absolute atomic E-state index is 0.260. The van der Waals surface area contributed by atoms with Crippen LogP contribution in [0.4, 0.5) is 4.39 Å². The molecule has 0 aliphatic carbocycles. The number of methoxy groups -OCH3 is 1. The van der Waals surface area contributed by atoms with E-state index >= 15 is 0 Å². The first-order chi connectivity index (χ1) is 9.11. The van der Waals surface area contributed by atoms with Gasteiger partial charge in [-0.3, -0.25) is 4.90 Å².